The molecule has 4 rings (SSSR count). The summed E-state index contributed by atoms with van der Waals surface area (Å²) in [6, 6.07) is 8.33. The highest BCUT2D eigenvalue weighted by Gasteiger charge is 2.39. The molecule has 2 saturated heterocycles. The lowest BCUT2D eigenvalue weighted by atomic mass is 10.0. The summed E-state index contributed by atoms with van der Waals surface area (Å²) in [5.74, 6) is -0.320. The number of pyridine rings is 1. The number of hydrogen-bond donors (Lipinski definition) is 0. The van der Waals surface area contributed by atoms with Gasteiger partial charge in [0.15, 0.2) is 5.79 Å². The Balaban J connectivity index is 1.64. The van der Waals surface area contributed by atoms with E-state index in [1.54, 1.807) is 0 Å². The van der Waals surface area contributed by atoms with E-state index in [9.17, 15) is 0 Å². The summed E-state index contributed by atoms with van der Waals surface area (Å²) in [4.78, 5) is 6.89. The summed E-state index contributed by atoms with van der Waals surface area (Å²) in [6.07, 6.45) is 3.73. The SMILES string of the molecule is Brc1cccc2c(N3CCC4(CC3)OCCO4)ccnc12. The number of nitrogens with zero attached hydrogens (tertiary/aromatic N) is 2. The molecule has 0 aliphatic carbocycles. The molecule has 0 bridgehead atoms. The average molecular weight is 349 g/mol. The molecule has 2 aromatic rings. The highest BCUT2D eigenvalue weighted by molar-refractivity contribution is 9.10. The van der Waals surface area contributed by atoms with Crippen molar-refractivity contribution in [3.05, 3.63) is 34.9 Å². The second-order valence-electron chi connectivity index (χ2n) is 5.56. The maximum Gasteiger partial charge on any atom is 0.171 e. The lowest BCUT2D eigenvalue weighted by Crippen LogP contribution is -2.45. The minimum Gasteiger partial charge on any atom is -0.371 e. The minimum absolute atomic E-state index is 0.320. The normalized spacial score (nSPS) is 21.3. The predicted octanol–water partition coefficient (Wildman–Crippen LogP) is 3.34. The Morgan fingerprint density at radius 2 is 1.86 bits per heavy atom. The molecule has 0 unspecified atom stereocenters. The smallest absolute Gasteiger partial charge is 0.171 e. The molecule has 5 heteroatoms. The van der Waals surface area contributed by atoms with Gasteiger partial charge >= 0.3 is 0 Å². The molecule has 1 spiro atoms. The van der Waals surface area contributed by atoms with Crippen LogP contribution in [0.1, 0.15) is 12.8 Å². The lowest BCUT2D eigenvalue weighted by molar-refractivity contribution is -0.169. The quantitative estimate of drug-likeness (QED) is 0.791. The first-order valence-corrected chi connectivity index (χ1v) is 8.13. The summed E-state index contributed by atoms with van der Waals surface area (Å²) in [5.41, 5.74) is 2.26. The third-order valence-corrected chi connectivity index (χ3v) is 5.02. The average Bonchev–Trinajstić information content (AvgIpc) is 2.97. The molecule has 0 atom stereocenters. The Bertz CT molecular complexity index is 660. The molecular formula is C16H17BrN2O2. The van der Waals surface area contributed by atoms with Gasteiger partial charge in [-0.1, -0.05) is 12.1 Å². The van der Waals surface area contributed by atoms with Crippen LogP contribution in [0.2, 0.25) is 0 Å². The number of piperidine rings is 1. The van der Waals surface area contributed by atoms with Crippen LogP contribution in [0, 0.1) is 0 Å². The fourth-order valence-corrected chi connectivity index (χ4v) is 3.74. The van der Waals surface area contributed by atoms with Crippen molar-refractivity contribution in [2.75, 3.05) is 31.2 Å². The number of hydrogen-bond acceptors (Lipinski definition) is 4. The van der Waals surface area contributed by atoms with Crippen molar-refractivity contribution in [2.24, 2.45) is 0 Å². The van der Waals surface area contributed by atoms with E-state index in [1.807, 2.05) is 12.3 Å². The van der Waals surface area contributed by atoms with Gasteiger partial charge in [0.2, 0.25) is 0 Å². The predicted molar refractivity (Wildman–Crippen MR) is 85.5 cm³/mol. The van der Waals surface area contributed by atoms with Crippen LogP contribution in [-0.2, 0) is 9.47 Å². The lowest BCUT2D eigenvalue weighted by Gasteiger charge is -2.39. The minimum atomic E-state index is -0.320. The van der Waals surface area contributed by atoms with Gasteiger partial charge < -0.3 is 14.4 Å². The van der Waals surface area contributed by atoms with Gasteiger partial charge in [-0.2, -0.15) is 0 Å². The standard InChI is InChI=1S/C16H17BrN2O2/c17-13-3-1-2-12-14(4-7-18-15(12)13)19-8-5-16(6-9-19)20-10-11-21-16/h1-4,7H,5-6,8-11H2. The van der Waals surface area contributed by atoms with Crippen LogP contribution in [0.25, 0.3) is 10.9 Å². The fraction of sp³-hybridized carbons (Fsp3) is 0.438. The molecule has 0 amide bonds. The van der Waals surface area contributed by atoms with E-state index in [-0.39, 0.29) is 5.79 Å². The second-order valence-corrected chi connectivity index (χ2v) is 6.42. The zero-order valence-electron chi connectivity index (χ0n) is 11.7. The molecule has 21 heavy (non-hydrogen) atoms. The third kappa shape index (κ3) is 2.33. The number of ether oxygens (including phenoxy) is 2. The monoisotopic (exact) mass is 348 g/mol. The first-order valence-electron chi connectivity index (χ1n) is 7.34. The first-order chi connectivity index (χ1) is 10.3. The van der Waals surface area contributed by atoms with E-state index in [2.05, 4.69) is 44.0 Å². The van der Waals surface area contributed by atoms with Gasteiger partial charge in [-0.05, 0) is 28.1 Å². The van der Waals surface area contributed by atoms with Crippen LogP contribution >= 0.6 is 15.9 Å². The number of rotatable bonds is 1. The van der Waals surface area contributed by atoms with Gasteiger partial charge in [-0.25, -0.2) is 0 Å². The number of para-hydroxylation sites is 1. The summed E-state index contributed by atoms with van der Waals surface area (Å²) in [5, 5.41) is 1.19. The number of aromatic nitrogens is 1. The topological polar surface area (TPSA) is 34.6 Å². The van der Waals surface area contributed by atoms with Gasteiger partial charge in [-0.3, -0.25) is 4.98 Å². The molecule has 110 valence electrons. The van der Waals surface area contributed by atoms with Crippen molar-refractivity contribution < 1.29 is 9.47 Å². The molecule has 0 radical (unpaired) electrons. The number of benzene rings is 1. The van der Waals surface area contributed by atoms with Crippen molar-refractivity contribution in [3.63, 3.8) is 0 Å². The van der Waals surface area contributed by atoms with Crippen LogP contribution < -0.4 is 4.90 Å². The Morgan fingerprint density at radius 1 is 1.10 bits per heavy atom. The fourth-order valence-electron chi connectivity index (χ4n) is 3.28. The summed E-state index contributed by atoms with van der Waals surface area (Å²) < 4.78 is 12.6. The van der Waals surface area contributed by atoms with Gasteiger partial charge in [0.25, 0.3) is 0 Å². The highest BCUT2D eigenvalue weighted by Crippen LogP contribution is 2.36. The van der Waals surface area contributed by atoms with Crippen LogP contribution in [0.15, 0.2) is 34.9 Å². The first kappa shape index (κ1) is 13.5. The van der Waals surface area contributed by atoms with E-state index in [4.69, 9.17) is 9.47 Å². The van der Waals surface area contributed by atoms with Crippen molar-refractivity contribution in [1.82, 2.24) is 4.98 Å². The van der Waals surface area contributed by atoms with Crippen LogP contribution in [-0.4, -0.2) is 37.1 Å². The van der Waals surface area contributed by atoms with Crippen LogP contribution in [0.5, 0.6) is 0 Å². The largest absolute Gasteiger partial charge is 0.371 e. The third-order valence-electron chi connectivity index (χ3n) is 4.38. The zero-order chi connectivity index (χ0) is 14.3. The highest BCUT2D eigenvalue weighted by atomic mass is 79.9. The number of halogens is 1. The van der Waals surface area contributed by atoms with Crippen molar-refractivity contribution in [1.29, 1.82) is 0 Å². The van der Waals surface area contributed by atoms with E-state index in [1.165, 1.54) is 11.1 Å². The van der Waals surface area contributed by atoms with E-state index >= 15 is 0 Å². The molecule has 2 aliphatic rings. The molecule has 0 N–H and O–H groups in total. The van der Waals surface area contributed by atoms with Crippen LogP contribution in [0.3, 0.4) is 0 Å². The molecule has 2 fully saturated rings. The zero-order valence-corrected chi connectivity index (χ0v) is 13.3. The van der Waals surface area contributed by atoms with Crippen molar-refractivity contribution >= 4 is 32.5 Å². The molecule has 2 aliphatic heterocycles. The molecule has 1 aromatic heterocycles. The maximum absolute atomic E-state index is 5.80. The summed E-state index contributed by atoms with van der Waals surface area (Å²) >= 11 is 3.58. The molecule has 0 saturated carbocycles. The van der Waals surface area contributed by atoms with E-state index in [0.29, 0.717) is 0 Å². The molecule has 3 heterocycles. The molecular weight excluding hydrogens is 332 g/mol. The van der Waals surface area contributed by atoms with Gasteiger partial charge in [-0.15, -0.1) is 0 Å². The summed E-state index contributed by atoms with van der Waals surface area (Å²) in [6.45, 7) is 3.35. The Hall–Kier alpha value is -1.17. The van der Waals surface area contributed by atoms with Gasteiger partial charge in [0.1, 0.15) is 0 Å². The number of anilines is 1. The van der Waals surface area contributed by atoms with E-state index in [0.717, 1.165) is 49.1 Å². The summed E-state index contributed by atoms with van der Waals surface area (Å²) in [7, 11) is 0. The molecule has 1 aromatic carbocycles. The Kier molecular flexibility index (Phi) is 3.36. The second kappa shape index (κ2) is 5.23. The van der Waals surface area contributed by atoms with Gasteiger partial charge in [0.05, 0.1) is 18.7 Å². The maximum atomic E-state index is 5.80. The van der Waals surface area contributed by atoms with Crippen LogP contribution in [0.4, 0.5) is 5.69 Å². The molecule has 4 nitrogen and oxygen atoms in total. The van der Waals surface area contributed by atoms with Gasteiger partial charge in [0, 0.05) is 47.7 Å². The Morgan fingerprint density at radius 3 is 2.62 bits per heavy atom. The van der Waals surface area contributed by atoms with Crippen molar-refractivity contribution in [2.45, 2.75) is 18.6 Å². The van der Waals surface area contributed by atoms with Crippen molar-refractivity contribution in [3.8, 4) is 0 Å². The van der Waals surface area contributed by atoms with E-state index < -0.39 is 0 Å². The Labute approximate surface area is 132 Å². The number of fused-ring (bicyclic) bond motifs is 1.